The second kappa shape index (κ2) is 5.63. The third-order valence-corrected chi connectivity index (χ3v) is 5.60. The number of carbonyl (C=O) groups is 1. The van der Waals surface area contributed by atoms with E-state index >= 15 is 0 Å². The minimum atomic E-state index is -2.92. The highest BCUT2D eigenvalue weighted by atomic mass is 79.9. The molecule has 4 nitrogen and oxygen atoms in total. The molecule has 104 valence electrons. The number of carbonyl (C=O) groups excluding carboxylic acids is 1. The highest BCUT2D eigenvalue weighted by Crippen LogP contribution is 2.24. The van der Waals surface area contributed by atoms with E-state index in [9.17, 15) is 13.2 Å². The predicted octanol–water partition coefficient (Wildman–Crippen LogP) is 2.52. The Kier molecular flexibility index (Phi) is 4.30. The van der Waals surface area contributed by atoms with Crippen LogP contribution >= 0.6 is 15.9 Å². The highest BCUT2D eigenvalue weighted by Gasteiger charge is 2.29. The largest absolute Gasteiger partial charge is 0.326 e. The Bertz CT molecular complexity index is 598. The van der Waals surface area contributed by atoms with Gasteiger partial charge in [-0.15, -0.1) is 0 Å². The molecule has 19 heavy (non-hydrogen) atoms. The molecule has 1 aromatic carbocycles. The molecule has 0 radical (unpaired) electrons. The molecular formula is C13H16BrNO3S. The molecule has 1 amide bonds. The number of amides is 1. The van der Waals surface area contributed by atoms with Crippen LogP contribution in [0, 0.1) is 12.8 Å². The summed E-state index contributed by atoms with van der Waals surface area (Å²) in [5.74, 6) is 0.180. The molecule has 1 N–H and O–H groups in total. The summed E-state index contributed by atoms with van der Waals surface area (Å²) in [4.78, 5) is 11.9. The van der Waals surface area contributed by atoms with Crippen LogP contribution in [0.2, 0.25) is 0 Å². The van der Waals surface area contributed by atoms with Crippen LogP contribution in [0.5, 0.6) is 0 Å². The maximum atomic E-state index is 11.9. The Morgan fingerprint density at radius 2 is 2.21 bits per heavy atom. The lowest BCUT2D eigenvalue weighted by Crippen LogP contribution is -2.17. The van der Waals surface area contributed by atoms with E-state index in [4.69, 9.17) is 0 Å². The van der Waals surface area contributed by atoms with Crippen LogP contribution < -0.4 is 5.32 Å². The van der Waals surface area contributed by atoms with E-state index in [1.54, 1.807) is 0 Å². The number of hydrogen-bond donors (Lipinski definition) is 1. The predicted molar refractivity (Wildman–Crippen MR) is 78.9 cm³/mol. The number of anilines is 1. The number of hydrogen-bond acceptors (Lipinski definition) is 3. The van der Waals surface area contributed by atoms with Crippen molar-refractivity contribution in [1.29, 1.82) is 0 Å². The van der Waals surface area contributed by atoms with E-state index < -0.39 is 9.84 Å². The molecule has 0 bridgehead atoms. The first-order valence-corrected chi connectivity index (χ1v) is 8.73. The normalized spacial score (nSPS) is 21.3. The average molecular weight is 346 g/mol. The summed E-state index contributed by atoms with van der Waals surface area (Å²) >= 11 is 3.36. The number of rotatable bonds is 3. The average Bonchev–Trinajstić information content (AvgIpc) is 2.63. The lowest BCUT2D eigenvalue weighted by atomic mass is 10.0. The van der Waals surface area contributed by atoms with Crippen molar-refractivity contribution in [1.82, 2.24) is 0 Å². The van der Waals surface area contributed by atoms with Crippen molar-refractivity contribution in [3.8, 4) is 0 Å². The van der Waals surface area contributed by atoms with E-state index in [0.29, 0.717) is 6.42 Å². The van der Waals surface area contributed by atoms with Gasteiger partial charge in [0, 0.05) is 16.6 Å². The standard InChI is InChI=1S/C13H16BrNO3S/c1-9-2-3-11(14)7-12(9)15-13(16)6-10-4-5-19(17,18)8-10/h2-3,7,10H,4-6,8H2,1H3,(H,15,16). The fourth-order valence-corrected chi connectivity index (χ4v) is 4.45. The molecule has 0 aromatic heterocycles. The van der Waals surface area contributed by atoms with Crippen molar-refractivity contribution in [2.24, 2.45) is 5.92 Å². The van der Waals surface area contributed by atoms with Crippen LogP contribution in [0.4, 0.5) is 5.69 Å². The van der Waals surface area contributed by atoms with Gasteiger partial charge in [-0.05, 0) is 37.0 Å². The summed E-state index contributed by atoms with van der Waals surface area (Å²) in [6.45, 7) is 1.92. The Morgan fingerprint density at radius 1 is 1.47 bits per heavy atom. The Labute approximate surface area is 121 Å². The SMILES string of the molecule is Cc1ccc(Br)cc1NC(=O)CC1CCS(=O)(=O)C1. The number of benzene rings is 1. The topological polar surface area (TPSA) is 63.2 Å². The number of nitrogens with one attached hydrogen (secondary N) is 1. The van der Waals surface area contributed by atoms with Gasteiger partial charge in [-0.3, -0.25) is 4.79 Å². The fourth-order valence-electron chi connectivity index (χ4n) is 2.23. The molecular weight excluding hydrogens is 330 g/mol. The van der Waals surface area contributed by atoms with E-state index in [0.717, 1.165) is 15.7 Å². The van der Waals surface area contributed by atoms with Gasteiger partial charge in [-0.2, -0.15) is 0 Å². The van der Waals surface area contributed by atoms with Crippen molar-refractivity contribution in [3.63, 3.8) is 0 Å². The molecule has 0 spiro atoms. The van der Waals surface area contributed by atoms with Gasteiger partial charge in [0.1, 0.15) is 0 Å². The van der Waals surface area contributed by atoms with Gasteiger partial charge in [0.15, 0.2) is 9.84 Å². The van der Waals surface area contributed by atoms with Crippen LogP contribution in [0.1, 0.15) is 18.4 Å². The number of sulfone groups is 1. The Balaban J connectivity index is 1.97. The molecule has 1 unspecified atom stereocenters. The molecule has 1 atom stereocenters. The quantitative estimate of drug-likeness (QED) is 0.915. The molecule has 0 saturated carbocycles. The Morgan fingerprint density at radius 3 is 2.84 bits per heavy atom. The summed E-state index contributed by atoms with van der Waals surface area (Å²) in [6, 6.07) is 5.67. The minimum Gasteiger partial charge on any atom is -0.326 e. The maximum absolute atomic E-state index is 11.9. The summed E-state index contributed by atoms with van der Waals surface area (Å²) < 4.78 is 23.6. The second-order valence-electron chi connectivity index (χ2n) is 4.98. The lowest BCUT2D eigenvalue weighted by molar-refractivity contribution is -0.116. The molecule has 1 saturated heterocycles. The van der Waals surface area contributed by atoms with Crippen molar-refractivity contribution in [3.05, 3.63) is 28.2 Å². The molecule has 1 aromatic rings. The van der Waals surface area contributed by atoms with E-state index in [1.165, 1.54) is 0 Å². The van der Waals surface area contributed by atoms with Gasteiger partial charge < -0.3 is 5.32 Å². The van der Waals surface area contributed by atoms with Crippen LogP contribution in [0.3, 0.4) is 0 Å². The molecule has 0 aliphatic carbocycles. The summed E-state index contributed by atoms with van der Waals surface area (Å²) in [7, 11) is -2.92. The molecule has 1 aliphatic rings. The summed E-state index contributed by atoms with van der Waals surface area (Å²) in [5, 5.41) is 2.84. The van der Waals surface area contributed by atoms with Gasteiger partial charge in [-0.25, -0.2) is 8.42 Å². The zero-order chi connectivity index (χ0) is 14.0. The zero-order valence-electron chi connectivity index (χ0n) is 10.6. The Hall–Kier alpha value is -0.880. The van der Waals surface area contributed by atoms with Gasteiger partial charge >= 0.3 is 0 Å². The molecule has 2 rings (SSSR count). The minimum absolute atomic E-state index is 0.0440. The molecule has 1 aliphatic heterocycles. The van der Waals surface area contributed by atoms with Crippen LogP contribution in [0.15, 0.2) is 22.7 Å². The lowest BCUT2D eigenvalue weighted by Gasteiger charge is -2.11. The van der Waals surface area contributed by atoms with Crippen LogP contribution in [0.25, 0.3) is 0 Å². The zero-order valence-corrected chi connectivity index (χ0v) is 13.1. The van der Waals surface area contributed by atoms with E-state index in [1.807, 2.05) is 25.1 Å². The van der Waals surface area contributed by atoms with E-state index in [2.05, 4.69) is 21.2 Å². The maximum Gasteiger partial charge on any atom is 0.224 e. The monoisotopic (exact) mass is 345 g/mol. The fraction of sp³-hybridized carbons (Fsp3) is 0.462. The number of halogens is 1. The summed E-state index contributed by atoms with van der Waals surface area (Å²) in [6.07, 6.45) is 0.860. The first-order valence-electron chi connectivity index (χ1n) is 6.12. The summed E-state index contributed by atoms with van der Waals surface area (Å²) in [5.41, 5.74) is 1.75. The van der Waals surface area contributed by atoms with Crippen molar-refractivity contribution in [2.75, 3.05) is 16.8 Å². The van der Waals surface area contributed by atoms with Crippen molar-refractivity contribution < 1.29 is 13.2 Å². The van der Waals surface area contributed by atoms with E-state index in [-0.39, 0.29) is 29.8 Å². The first-order chi connectivity index (χ1) is 8.85. The molecule has 6 heteroatoms. The third kappa shape index (κ3) is 4.04. The van der Waals surface area contributed by atoms with Crippen LogP contribution in [-0.2, 0) is 14.6 Å². The smallest absolute Gasteiger partial charge is 0.224 e. The van der Waals surface area contributed by atoms with Gasteiger partial charge in [0.2, 0.25) is 5.91 Å². The van der Waals surface area contributed by atoms with Gasteiger partial charge in [0.05, 0.1) is 11.5 Å². The van der Waals surface area contributed by atoms with Gasteiger partial charge in [-0.1, -0.05) is 22.0 Å². The third-order valence-electron chi connectivity index (χ3n) is 3.27. The van der Waals surface area contributed by atoms with Crippen molar-refractivity contribution in [2.45, 2.75) is 19.8 Å². The number of aryl methyl sites for hydroxylation is 1. The van der Waals surface area contributed by atoms with Crippen LogP contribution in [-0.4, -0.2) is 25.8 Å². The first kappa shape index (κ1) is 14.5. The van der Waals surface area contributed by atoms with Crippen molar-refractivity contribution >= 4 is 37.4 Å². The molecule has 1 fully saturated rings. The second-order valence-corrected chi connectivity index (χ2v) is 8.13. The van der Waals surface area contributed by atoms with Gasteiger partial charge in [0.25, 0.3) is 0 Å². The highest BCUT2D eigenvalue weighted by molar-refractivity contribution is 9.10. The molecule has 1 heterocycles.